The standard InChI is InChI=1S/C13H20N2O/c1-11-4-3-5-12(6-11)15(2)8-13(7-14)9-16-10-13/h3-6H,7-10,14H2,1-2H3. The number of benzene rings is 1. The van der Waals surface area contributed by atoms with Gasteiger partial charge in [0, 0.05) is 31.2 Å². The van der Waals surface area contributed by atoms with Gasteiger partial charge in [-0.25, -0.2) is 0 Å². The van der Waals surface area contributed by atoms with Crippen molar-refractivity contribution < 1.29 is 4.74 Å². The molecule has 3 heteroatoms. The number of ether oxygens (including phenoxy) is 1. The largest absolute Gasteiger partial charge is 0.380 e. The average molecular weight is 220 g/mol. The number of rotatable bonds is 4. The van der Waals surface area contributed by atoms with Gasteiger partial charge in [0.05, 0.1) is 13.2 Å². The summed E-state index contributed by atoms with van der Waals surface area (Å²) in [6.07, 6.45) is 0. The van der Waals surface area contributed by atoms with E-state index in [9.17, 15) is 0 Å². The number of aryl methyl sites for hydroxylation is 1. The van der Waals surface area contributed by atoms with Crippen molar-refractivity contribution in [2.45, 2.75) is 6.92 Å². The van der Waals surface area contributed by atoms with E-state index in [1.54, 1.807) is 0 Å². The molecule has 0 aliphatic carbocycles. The molecule has 0 saturated carbocycles. The molecule has 88 valence electrons. The highest BCUT2D eigenvalue weighted by atomic mass is 16.5. The lowest BCUT2D eigenvalue weighted by Crippen LogP contribution is -2.54. The zero-order chi connectivity index (χ0) is 11.6. The highest BCUT2D eigenvalue weighted by Crippen LogP contribution is 2.28. The van der Waals surface area contributed by atoms with E-state index in [4.69, 9.17) is 10.5 Å². The second-order valence-corrected chi connectivity index (χ2v) is 4.89. The summed E-state index contributed by atoms with van der Waals surface area (Å²) in [6, 6.07) is 8.54. The Balaban J connectivity index is 2.05. The molecule has 0 amide bonds. The fourth-order valence-electron chi connectivity index (χ4n) is 2.12. The molecule has 3 nitrogen and oxygen atoms in total. The van der Waals surface area contributed by atoms with Crippen LogP contribution in [-0.4, -0.2) is 33.4 Å². The predicted octanol–water partition coefficient (Wildman–Crippen LogP) is 1.41. The van der Waals surface area contributed by atoms with Crippen LogP contribution in [0.4, 0.5) is 5.69 Å². The Morgan fingerprint density at radius 2 is 2.19 bits per heavy atom. The topological polar surface area (TPSA) is 38.5 Å². The van der Waals surface area contributed by atoms with Gasteiger partial charge in [0.1, 0.15) is 0 Å². The minimum atomic E-state index is 0.165. The summed E-state index contributed by atoms with van der Waals surface area (Å²) in [7, 11) is 2.12. The number of hydrogen-bond acceptors (Lipinski definition) is 3. The molecule has 0 spiro atoms. The lowest BCUT2D eigenvalue weighted by molar-refractivity contribution is -0.101. The minimum Gasteiger partial charge on any atom is -0.380 e. The molecular formula is C13H20N2O. The van der Waals surface area contributed by atoms with Crippen LogP contribution in [0.15, 0.2) is 24.3 Å². The van der Waals surface area contributed by atoms with Crippen molar-refractivity contribution in [3.05, 3.63) is 29.8 Å². The normalized spacial score (nSPS) is 17.9. The quantitative estimate of drug-likeness (QED) is 0.833. The summed E-state index contributed by atoms with van der Waals surface area (Å²) in [6.45, 7) is 5.36. The Morgan fingerprint density at radius 1 is 1.44 bits per heavy atom. The molecule has 2 N–H and O–H groups in total. The maximum atomic E-state index is 5.82. The second-order valence-electron chi connectivity index (χ2n) is 4.89. The van der Waals surface area contributed by atoms with Crippen LogP contribution in [0.25, 0.3) is 0 Å². The Hall–Kier alpha value is -1.06. The van der Waals surface area contributed by atoms with Gasteiger partial charge in [-0.3, -0.25) is 0 Å². The van der Waals surface area contributed by atoms with Gasteiger partial charge in [-0.05, 0) is 24.6 Å². The summed E-state index contributed by atoms with van der Waals surface area (Å²) in [5.74, 6) is 0. The monoisotopic (exact) mass is 220 g/mol. The Labute approximate surface area is 97.2 Å². The lowest BCUT2D eigenvalue weighted by atomic mass is 9.85. The van der Waals surface area contributed by atoms with E-state index in [0.29, 0.717) is 6.54 Å². The fourth-order valence-corrected chi connectivity index (χ4v) is 2.12. The third-order valence-corrected chi connectivity index (χ3v) is 3.26. The van der Waals surface area contributed by atoms with Crippen LogP contribution in [-0.2, 0) is 4.74 Å². The molecule has 0 unspecified atom stereocenters. The average Bonchev–Trinajstić information content (AvgIpc) is 2.23. The molecule has 0 bridgehead atoms. The van der Waals surface area contributed by atoms with Gasteiger partial charge in [0.25, 0.3) is 0 Å². The third-order valence-electron chi connectivity index (χ3n) is 3.26. The van der Waals surface area contributed by atoms with Crippen LogP contribution in [0.5, 0.6) is 0 Å². The number of hydrogen-bond donors (Lipinski definition) is 1. The predicted molar refractivity (Wildman–Crippen MR) is 66.8 cm³/mol. The van der Waals surface area contributed by atoms with Gasteiger partial charge in [0.15, 0.2) is 0 Å². The first-order valence-electron chi connectivity index (χ1n) is 5.71. The first-order chi connectivity index (χ1) is 7.65. The zero-order valence-corrected chi connectivity index (χ0v) is 10.1. The Morgan fingerprint density at radius 3 is 2.69 bits per heavy atom. The fraction of sp³-hybridized carbons (Fsp3) is 0.538. The Kier molecular flexibility index (Phi) is 3.17. The molecule has 16 heavy (non-hydrogen) atoms. The van der Waals surface area contributed by atoms with E-state index in [-0.39, 0.29) is 5.41 Å². The van der Waals surface area contributed by atoms with Gasteiger partial charge < -0.3 is 15.4 Å². The summed E-state index contributed by atoms with van der Waals surface area (Å²) in [4.78, 5) is 2.27. The van der Waals surface area contributed by atoms with Crippen molar-refractivity contribution >= 4 is 5.69 Å². The molecule has 0 atom stereocenters. The number of nitrogens with zero attached hydrogens (tertiary/aromatic N) is 1. The highest BCUT2D eigenvalue weighted by Gasteiger charge is 2.38. The van der Waals surface area contributed by atoms with Gasteiger partial charge in [-0.15, -0.1) is 0 Å². The molecule has 1 aromatic carbocycles. The van der Waals surface area contributed by atoms with Gasteiger partial charge >= 0.3 is 0 Å². The van der Waals surface area contributed by atoms with Crippen LogP contribution in [0, 0.1) is 12.3 Å². The van der Waals surface area contributed by atoms with E-state index >= 15 is 0 Å². The zero-order valence-electron chi connectivity index (χ0n) is 10.1. The minimum absolute atomic E-state index is 0.165. The molecule has 1 aromatic rings. The molecule has 2 rings (SSSR count). The third kappa shape index (κ3) is 2.20. The van der Waals surface area contributed by atoms with E-state index < -0.39 is 0 Å². The van der Waals surface area contributed by atoms with Crippen LogP contribution < -0.4 is 10.6 Å². The van der Waals surface area contributed by atoms with E-state index in [1.165, 1.54) is 11.3 Å². The molecule has 0 aromatic heterocycles. The van der Waals surface area contributed by atoms with E-state index in [1.807, 2.05) is 0 Å². The first kappa shape index (κ1) is 11.4. The van der Waals surface area contributed by atoms with Crippen LogP contribution >= 0.6 is 0 Å². The first-order valence-corrected chi connectivity index (χ1v) is 5.71. The van der Waals surface area contributed by atoms with Crippen molar-refractivity contribution in [1.29, 1.82) is 0 Å². The molecule has 1 heterocycles. The van der Waals surface area contributed by atoms with Crippen LogP contribution in [0.3, 0.4) is 0 Å². The van der Waals surface area contributed by atoms with Crippen LogP contribution in [0.2, 0.25) is 0 Å². The van der Waals surface area contributed by atoms with Crippen molar-refractivity contribution in [2.24, 2.45) is 11.1 Å². The Bertz CT molecular complexity index is 355. The maximum Gasteiger partial charge on any atom is 0.0574 e. The lowest BCUT2D eigenvalue weighted by Gasteiger charge is -2.43. The molecule has 1 aliphatic rings. The SMILES string of the molecule is Cc1cccc(N(C)CC2(CN)COC2)c1. The van der Waals surface area contributed by atoms with E-state index in [2.05, 4.69) is 43.1 Å². The van der Waals surface area contributed by atoms with Crippen molar-refractivity contribution in [1.82, 2.24) is 0 Å². The summed E-state index contributed by atoms with van der Waals surface area (Å²) < 4.78 is 5.28. The number of nitrogens with two attached hydrogens (primary N) is 1. The molecule has 1 fully saturated rings. The van der Waals surface area contributed by atoms with Gasteiger partial charge in [-0.1, -0.05) is 12.1 Å². The molecule has 1 aliphatic heterocycles. The second kappa shape index (κ2) is 4.44. The maximum absolute atomic E-state index is 5.82. The summed E-state index contributed by atoms with van der Waals surface area (Å²) >= 11 is 0. The smallest absolute Gasteiger partial charge is 0.0574 e. The van der Waals surface area contributed by atoms with Gasteiger partial charge in [-0.2, -0.15) is 0 Å². The van der Waals surface area contributed by atoms with Crippen molar-refractivity contribution in [3.8, 4) is 0 Å². The molecule has 0 radical (unpaired) electrons. The van der Waals surface area contributed by atoms with E-state index in [0.717, 1.165) is 19.8 Å². The van der Waals surface area contributed by atoms with Crippen molar-refractivity contribution in [2.75, 3.05) is 38.3 Å². The van der Waals surface area contributed by atoms with Gasteiger partial charge in [0.2, 0.25) is 0 Å². The van der Waals surface area contributed by atoms with Crippen LogP contribution in [0.1, 0.15) is 5.56 Å². The number of anilines is 1. The summed E-state index contributed by atoms with van der Waals surface area (Å²) in [5, 5.41) is 0. The summed E-state index contributed by atoms with van der Waals surface area (Å²) in [5.41, 5.74) is 8.52. The van der Waals surface area contributed by atoms with Crippen molar-refractivity contribution in [3.63, 3.8) is 0 Å². The molecule has 1 saturated heterocycles. The highest BCUT2D eigenvalue weighted by molar-refractivity contribution is 5.48. The molecular weight excluding hydrogens is 200 g/mol.